The van der Waals surface area contributed by atoms with E-state index in [1.807, 2.05) is 0 Å². The SMILES string of the molecule is COc1cc(NC(=O)CC(C)S(=O)(=O)c2cc3c(cc2C)NC(=O)CO3)cc(OC)c1. The van der Waals surface area contributed by atoms with Crippen LogP contribution in [0.25, 0.3) is 0 Å². The molecule has 166 valence electrons. The number of fused-ring (bicyclic) bond motifs is 1. The molecule has 2 amide bonds. The highest BCUT2D eigenvalue weighted by Gasteiger charge is 2.29. The second-order valence-electron chi connectivity index (χ2n) is 7.16. The van der Waals surface area contributed by atoms with Gasteiger partial charge in [0.15, 0.2) is 16.4 Å². The molecule has 1 atom stereocenters. The van der Waals surface area contributed by atoms with Gasteiger partial charge in [-0.05, 0) is 25.5 Å². The van der Waals surface area contributed by atoms with Crippen molar-refractivity contribution in [2.45, 2.75) is 30.4 Å². The number of carbonyl (C=O) groups excluding carboxylic acids is 2. The second-order valence-corrected chi connectivity index (χ2v) is 9.49. The number of aryl methyl sites for hydroxylation is 1. The van der Waals surface area contributed by atoms with Crippen molar-refractivity contribution in [3.05, 3.63) is 35.9 Å². The Hall–Kier alpha value is -3.27. The van der Waals surface area contributed by atoms with Gasteiger partial charge in [-0.25, -0.2) is 8.42 Å². The molecule has 1 aliphatic heterocycles. The van der Waals surface area contributed by atoms with Crippen molar-refractivity contribution in [1.82, 2.24) is 0 Å². The Morgan fingerprint density at radius 2 is 1.81 bits per heavy atom. The Bertz CT molecular complexity index is 1110. The first-order valence-electron chi connectivity index (χ1n) is 9.48. The van der Waals surface area contributed by atoms with Crippen molar-refractivity contribution in [2.24, 2.45) is 0 Å². The van der Waals surface area contributed by atoms with Gasteiger partial charge in [0.05, 0.1) is 30.1 Å². The number of methoxy groups -OCH3 is 2. The van der Waals surface area contributed by atoms with Crippen molar-refractivity contribution >= 4 is 33.0 Å². The molecule has 1 heterocycles. The van der Waals surface area contributed by atoms with Crippen LogP contribution in [0.15, 0.2) is 35.2 Å². The largest absolute Gasteiger partial charge is 0.497 e. The lowest BCUT2D eigenvalue weighted by Crippen LogP contribution is -2.27. The lowest BCUT2D eigenvalue weighted by molar-refractivity contribution is -0.118. The summed E-state index contributed by atoms with van der Waals surface area (Å²) >= 11 is 0. The minimum Gasteiger partial charge on any atom is -0.497 e. The zero-order chi connectivity index (χ0) is 22.8. The third kappa shape index (κ3) is 4.91. The summed E-state index contributed by atoms with van der Waals surface area (Å²) in [7, 11) is -0.850. The van der Waals surface area contributed by atoms with Gasteiger partial charge in [0.1, 0.15) is 17.2 Å². The van der Waals surface area contributed by atoms with Crippen LogP contribution in [0, 0.1) is 6.92 Å². The van der Waals surface area contributed by atoms with Crippen LogP contribution >= 0.6 is 0 Å². The van der Waals surface area contributed by atoms with Crippen LogP contribution in [0.4, 0.5) is 11.4 Å². The Morgan fingerprint density at radius 1 is 1.16 bits per heavy atom. The van der Waals surface area contributed by atoms with Crippen LogP contribution < -0.4 is 24.8 Å². The molecule has 31 heavy (non-hydrogen) atoms. The van der Waals surface area contributed by atoms with Crippen LogP contribution in [-0.2, 0) is 19.4 Å². The lowest BCUT2D eigenvalue weighted by Gasteiger charge is -2.21. The number of ether oxygens (including phenoxy) is 3. The zero-order valence-corrected chi connectivity index (χ0v) is 18.5. The van der Waals surface area contributed by atoms with E-state index in [-0.39, 0.29) is 29.6 Å². The Balaban J connectivity index is 1.77. The molecule has 0 spiro atoms. The van der Waals surface area contributed by atoms with Crippen LogP contribution in [0.2, 0.25) is 0 Å². The van der Waals surface area contributed by atoms with Gasteiger partial charge in [0.2, 0.25) is 5.91 Å². The third-order valence-corrected chi connectivity index (χ3v) is 7.13. The molecule has 0 bridgehead atoms. The molecule has 0 aromatic heterocycles. The van der Waals surface area contributed by atoms with Gasteiger partial charge in [-0.3, -0.25) is 9.59 Å². The quantitative estimate of drug-likeness (QED) is 0.668. The average Bonchev–Trinajstić information content (AvgIpc) is 2.72. The molecule has 1 unspecified atom stereocenters. The van der Waals surface area contributed by atoms with Crippen LogP contribution in [-0.4, -0.2) is 46.3 Å². The lowest BCUT2D eigenvalue weighted by atomic mass is 10.2. The fourth-order valence-corrected chi connectivity index (χ4v) is 4.79. The first-order valence-corrected chi connectivity index (χ1v) is 11.0. The Morgan fingerprint density at radius 3 is 2.42 bits per heavy atom. The van der Waals surface area contributed by atoms with Gasteiger partial charge in [-0.1, -0.05) is 0 Å². The number of nitrogens with one attached hydrogen (secondary N) is 2. The van der Waals surface area contributed by atoms with Crippen molar-refractivity contribution in [3.63, 3.8) is 0 Å². The van der Waals surface area contributed by atoms with E-state index in [1.54, 1.807) is 31.2 Å². The van der Waals surface area contributed by atoms with Crippen molar-refractivity contribution < 1.29 is 32.2 Å². The van der Waals surface area contributed by atoms with Crippen LogP contribution in [0.3, 0.4) is 0 Å². The topological polar surface area (TPSA) is 120 Å². The summed E-state index contributed by atoms with van der Waals surface area (Å²) in [6.45, 7) is 2.92. The number of hydrogen-bond acceptors (Lipinski definition) is 7. The third-order valence-electron chi connectivity index (χ3n) is 4.85. The molecule has 2 aromatic carbocycles. The van der Waals surface area contributed by atoms with Gasteiger partial charge in [0.25, 0.3) is 5.91 Å². The van der Waals surface area contributed by atoms with E-state index in [4.69, 9.17) is 14.2 Å². The van der Waals surface area contributed by atoms with Gasteiger partial charge in [0, 0.05) is 36.4 Å². The molecule has 0 aliphatic carbocycles. The molecular weight excluding hydrogens is 424 g/mol. The second kappa shape index (κ2) is 8.84. The number of carbonyl (C=O) groups is 2. The predicted molar refractivity (Wildman–Crippen MR) is 115 cm³/mol. The Labute approximate surface area is 180 Å². The first-order chi connectivity index (χ1) is 14.6. The van der Waals surface area contributed by atoms with E-state index >= 15 is 0 Å². The molecule has 0 saturated heterocycles. The summed E-state index contributed by atoms with van der Waals surface area (Å²) in [5, 5.41) is 4.33. The number of benzene rings is 2. The highest BCUT2D eigenvalue weighted by Crippen LogP contribution is 2.34. The fourth-order valence-electron chi connectivity index (χ4n) is 3.20. The molecule has 0 fully saturated rings. The molecule has 10 heteroatoms. The highest BCUT2D eigenvalue weighted by molar-refractivity contribution is 7.92. The fraction of sp³-hybridized carbons (Fsp3) is 0.333. The van der Waals surface area contributed by atoms with Crippen LogP contribution in [0.1, 0.15) is 18.9 Å². The minimum atomic E-state index is -3.83. The number of hydrogen-bond donors (Lipinski definition) is 2. The molecular formula is C21H24N2O7S. The van der Waals surface area contributed by atoms with Crippen molar-refractivity contribution in [3.8, 4) is 17.2 Å². The predicted octanol–water partition coefficient (Wildman–Crippen LogP) is 2.53. The van der Waals surface area contributed by atoms with E-state index in [2.05, 4.69) is 10.6 Å². The standard InChI is InChI=1S/C21H24N2O7S/c1-12-5-17-18(30-11-21(25)23-17)10-19(12)31(26,27)13(2)6-20(24)22-14-7-15(28-3)9-16(8-14)29-4/h5,7-10,13H,6,11H2,1-4H3,(H,22,24)(H,23,25). The molecule has 9 nitrogen and oxygen atoms in total. The highest BCUT2D eigenvalue weighted by atomic mass is 32.2. The minimum absolute atomic E-state index is 0.0609. The molecule has 0 radical (unpaired) electrons. The van der Waals surface area contributed by atoms with E-state index < -0.39 is 21.0 Å². The maximum Gasteiger partial charge on any atom is 0.262 e. The summed E-state index contributed by atoms with van der Waals surface area (Å²) in [4.78, 5) is 24.0. The normalized spacial score (nSPS) is 14.0. The van der Waals surface area contributed by atoms with E-state index in [0.717, 1.165) is 0 Å². The van der Waals surface area contributed by atoms with E-state index in [9.17, 15) is 18.0 Å². The number of rotatable bonds is 7. The Kier molecular flexibility index (Phi) is 6.40. The molecule has 1 aliphatic rings. The first kappa shape index (κ1) is 22.4. The zero-order valence-electron chi connectivity index (χ0n) is 17.6. The van der Waals surface area contributed by atoms with Gasteiger partial charge in [-0.2, -0.15) is 0 Å². The summed E-state index contributed by atoms with van der Waals surface area (Å²) < 4.78 is 41.9. The van der Waals surface area contributed by atoms with E-state index in [0.29, 0.717) is 28.4 Å². The monoisotopic (exact) mass is 448 g/mol. The summed E-state index contributed by atoms with van der Waals surface area (Å²) in [5.74, 6) is 0.496. The number of sulfone groups is 1. The molecule has 3 rings (SSSR count). The maximum atomic E-state index is 13.1. The summed E-state index contributed by atoms with van der Waals surface area (Å²) in [5.41, 5.74) is 1.30. The van der Waals surface area contributed by atoms with Crippen LogP contribution in [0.5, 0.6) is 17.2 Å². The maximum absolute atomic E-state index is 13.1. The molecule has 0 saturated carbocycles. The summed E-state index contributed by atoms with van der Waals surface area (Å²) in [6.07, 6.45) is -0.254. The van der Waals surface area contributed by atoms with E-state index in [1.165, 1.54) is 27.2 Å². The summed E-state index contributed by atoms with van der Waals surface area (Å²) in [6, 6.07) is 7.82. The molecule has 2 N–H and O–H groups in total. The smallest absolute Gasteiger partial charge is 0.262 e. The van der Waals surface area contributed by atoms with Gasteiger partial charge < -0.3 is 24.8 Å². The average molecular weight is 448 g/mol. The number of anilines is 2. The van der Waals surface area contributed by atoms with Crippen molar-refractivity contribution in [1.29, 1.82) is 0 Å². The van der Waals surface area contributed by atoms with Gasteiger partial charge in [-0.15, -0.1) is 0 Å². The van der Waals surface area contributed by atoms with Gasteiger partial charge >= 0.3 is 0 Å². The number of amides is 2. The molecule has 2 aromatic rings. The van der Waals surface area contributed by atoms with Crippen molar-refractivity contribution in [2.75, 3.05) is 31.5 Å².